The van der Waals surface area contributed by atoms with Gasteiger partial charge in [0.2, 0.25) is 0 Å². The maximum atomic E-state index is 5.72. The molecule has 2 N–H and O–H groups in total. The van der Waals surface area contributed by atoms with E-state index in [2.05, 4.69) is 71.3 Å². The molecule has 146 valence electrons. The molecule has 27 heavy (non-hydrogen) atoms. The lowest BCUT2D eigenvalue weighted by Crippen LogP contribution is -2.51. The second kappa shape index (κ2) is 10.2. The van der Waals surface area contributed by atoms with Crippen LogP contribution in [0.3, 0.4) is 0 Å². The maximum Gasteiger partial charge on any atom is 0.0623 e. The Balaban J connectivity index is 0.00000210. The van der Waals surface area contributed by atoms with Gasteiger partial charge in [-0.05, 0) is 29.9 Å². The zero-order valence-electron chi connectivity index (χ0n) is 15.8. The Hall–Kier alpha value is -1.39. The van der Waals surface area contributed by atoms with Crippen LogP contribution < -0.4 is 10.6 Å². The predicted octanol–water partition coefficient (Wildman–Crippen LogP) is 3.99. The first-order valence-electron chi connectivity index (χ1n) is 10.1. The number of nitrogens with one attached hydrogen (secondary N) is 2. The number of morpholine rings is 1. The number of halogens is 1. The van der Waals surface area contributed by atoms with E-state index in [9.17, 15) is 0 Å². The van der Waals surface area contributed by atoms with Crippen LogP contribution in [-0.4, -0.2) is 38.4 Å². The predicted molar refractivity (Wildman–Crippen MR) is 114 cm³/mol. The molecular formula is C23H31ClN2O. The van der Waals surface area contributed by atoms with Gasteiger partial charge in [0.25, 0.3) is 0 Å². The molecule has 4 heteroatoms. The van der Waals surface area contributed by atoms with E-state index >= 15 is 0 Å². The molecule has 1 saturated carbocycles. The molecule has 1 aliphatic carbocycles. The summed E-state index contributed by atoms with van der Waals surface area (Å²) in [4.78, 5) is 0. The minimum atomic E-state index is 0. The molecule has 1 heterocycles. The van der Waals surface area contributed by atoms with Gasteiger partial charge in [0.1, 0.15) is 0 Å². The molecule has 0 amide bonds. The third-order valence-corrected chi connectivity index (χ3v) is 6.02. The summed E-state index contributed by atoms with van der Waals surface area (Å²) in [5.74, 6) is 1.08. The molecule has 0 aromatic heterocycles. The van der Waals surface area contributed by atoms with Crippen LogP contribution >= 0.6 is 12.4 Å². The van der Waals surface area contributed by atoms with Crippen molar-refractivity contribution in [2.75, 3.05) is 26.3 Å². The van der Waals surface area contributed by atoms with Gasteiger partial charge in [-0.3, -0.25) is 0 Å². The lowest BCUT2D eigenvalue weighted by molar-refractivity contribution is 0.0525. The highest BCUT2D eigenvalue weighted by Crippen LogP contribution is 2.31. The van der Waals surface area contributed by atoms with Crippen molar-refractivity contribution >= 4 is 12.4 Å². The van der Waals surface area contributed by atoms with Crippen molar-refractivity contribution in [1.29, 1.82) is 0 Å². The van der Waals surface area contributed by atoms with Crippen LogP contribution in [0.2, 0.25) is 0 Å². The standard InChI is InChI=1S/C23H30N2O.ClH/c1-3-8-18(9-4-1)21(19-10-5-2-6-11-19)16-25-22-13-7-12-20(22)23-17-26-15-14-24-23;/h1-6,8-11,20-25H,7,12-17H2;1H. The first-order chi connectivity index (χ1) is 12.9. The first-order valence-corrected chi connectivity index (χ1v) is 10.1. The summed E-state index contributed by atoms with van der Waals surface area (Å²) in [7, 11) is 0. The highest BCUT2D eigenvalue weighted by Gasteiger charge is 2.34. The smallest absolute Gasteiger partial charge is 0.0623 e. The fourth-order valence-corrected chi connectivity index (χ4v) is 4.65. The van der Waals surface area contributed by atoms with Crippen molar-refractivity contribution in [3.8, 4) is 0 Å². The molecule has 2 fully saturated rings. The van der Waals surface area contributed by atoms with E-state index in [1.165, 1.54) is 30.4 Å². The zero-order valence-corrected chi connectivity index (χ0v) is 16.7. The van der Waals surface area contributed by atoms with E-state index in [4.69, 9.17) is 4.74 Å². The van der Waals surface area contributed by atoms with Crippen LogP contribution in [-0.2, 0) is 4.74 Å². The largest absolute Gasteiger partial charge is 0.379 e. The van der Waals surface area contributed by atoms with E-state index in [0.717, 1.165) is 26.3 Å². The number of rotatable bonds is 6. The third kappa shape index (κ3) is 5.11. The molecule has 3 atom stereocenters. The lowest BCUT2D eigenvalue weighted by Gasteiger charge is -2.33. The number of benzene rings is 2. The van der Waals surface area contributed by atoms with Gasteiger partial charge >= 0.3 is 0 Å². The molecular weight excluding hydrogens is 356 g/mol. The summed E-state index contributed by atoms with van der Waals surface area (Å²) in [6.45, 7) is 3.70. The average molecular weight is 387 g/mol. The molecule has 3 nitrogen and oxygen atoms in total. The van der Waals surface area contributed by atoms with Crippen LogP contribution in [0.4, 0.5) is 0 Å². The van der Waals surface area contributed by atoms with Gasteiger partial charge in [0.05, 0.1) is 13.2 Å². The van der Waals surface area contributed by atoms with Gasteiger partial charge in [-0.2, -0.15) is 0 Å². The van der Waals surface area contributed by atoms with Crippen LogP contribution in [0.25, 0.3) is 0 Å². The number of hydrogen-bond donors (Lipinski definition) is 2. The Kier molecular flexibility index (Phi) is 7.71. The van der Waals surface area contributed by atoms with E-state index < -0.39 is 0 Å². The second-order valence-corrected chi connectivity index (χ2v) is 7.62. The summed E-state index contributed by atoms with van der Waals surface area (Å²) in [5, 5.41) is 7.61. The number of ether oxygens (including phenoxy) is 1. The molecule has 2 aromatic rings. The highest BCUT2D eigenvalue weighted by atomic mass is 35.5. The van der Waals surface area contributed by atoms with Crippen molar-refractivity contribution in [3.63, 3.8) is 0 Å². The molecule has 4 rings (SSSR count). The maximum absolute atomic E-state index is 5.72. The van der Waals surface area contributed by atoms with E-state index in [1.807, 2.05) is 0 Å². The van der Waals surface area contributed by atoms with Crippen LogP contribution in [0.5, 0.6) is 0 Å². The Morgan fingerprint density at radius 3 is 2.22 bits per heavy atom. The normalized spacial score (nSPS) is 25.3. The Labute approximate surface area is 169 Å². The summed E-state index contributed by atoms with van der Waals surface area (Å²) < 4.78 is 5.72. The molecule has 1 saturated heterocycles. The SMILES string of the molecule is Cl.c1ccc(C(CNC2CCCC2C2COCCN2)c2ccccc2)cc1. The topological polar surface area (TPSA) is 33.3 Å². The van der Waals surface area contributed by atoms with E-state index in [0.29, 0.717) is 23.9 Å². The molecule has 2 aromatic carbocycles. The second-order valence-electron chi connectivity index (χ2n) is 7.62. The van der Waals surface area contributed by atoms with Crippen LogP contribution in [0, 0.1) is 5.92 Å². The number of hydrogen-bond acceptors (Lipinski definition) is 3. The molecule has 2 aliphatic rings. The van der Waals surface area contributed by atoms with Crippen LogP contribution in [0.15, 0.2) is 60.7 Å². The molecule has 0 spiro atoms. The fourth-order valence-electron chi connectivity index (χ4n) is 4.65. The minimum absolute atomic E-state index is 0. The fraction of sp³-hybridized carbons (Fsp3) is 0.478. The monoisotopic (exact) mass is 386 g/mol. The Bertz CT molecular complexity index is 621. The summed E-state index contributed by atoms with van der Waals surface area (Å²) in [6, 6.07) is 22.9. The third-order valence-electron chi connectivity index (χ3n) is 6.02. The zero-order chi connectivity index (χ0) is 17.6. The van der Waals surface area contributed by atoms with Crippen LogP contribution in [0.1, 0.15) is 36.3 Å². The molecule has 0 radical (unpaired) electrons. The Morgan fingerprint density at radius 1 is 0.963 bits per heavy atom. The van der Waals surface area contributed by atoms with Gasteiger partial charge < -0.3 is 15.4 Å². The highest BCUT2D eigenvalue weighted by molar-refractivity contribution is 5.85. The van der Waals surface area contributed by atoms with Gasteiger partial charge in [0, 0.05) is 31.1 Å². The van der Waals surface area contributed by atoms with Crippen molar-refractivity contribution in [1.82, 2.24) is 10.6 Å². The quantitative estimate of drug-likeness (QED) is 0.787. The first kappa shape index (κ1) is 20.3. The Morgan fingerprint density at radius 2 is 1.63 bits per heavy atom. The molecule has 1 aliphatic heterocycles. The summed E-state index contributed by atoms with van der Waals surface area (Å²) >= 11 is 0. The summed E-state index contributed by atoms with van der Waals surface area (Å²) in [6.07, 6.45) is 3.90. The van der Waals surface area contributed by atoms with Crippen molar-refractivity contribution in [2.45, 2.75) is 37.3 Å². The van der Waals surface area contributed by atoms with Gasteiger partial charge in [0.15, 0.2) is 0 Å². The lowest BCUT2D eigenvalue weighted by atomic mass is 9.89. The molecule has 3 unspecified atom stereocenters. The average Bonchev–Trinajstić information content (AvgIpc) is 3.19. The van der Waals surface area contributed by atoms with E-state index in [-0.39, 0.29) is 12.4 Å². The summed E-state index contributed by atoms with van der Waals surface area (Å²) in [5.41, 5.74) is 2.78. The molecule has 0 bridgehead atoms. The van der Waals surface area contributed by atoms with Crippen molar-refractivity contribution < 1.29 is 4.74 Å². The van der Waals surface area contributed by atoms with Gasteiger partial charge in [-0.15, -0.1) is 12.4 Å². The minimum Gasteiger partial charge on any atom is -0.379 e. The van der Waals surface area contributed by atoms with Crippen molar-refractivity contribution in [3.05, 3.63) is 71.8 Å². The van der Waals surface area contributed by atoms with Gasteiger partial charge in [-0.25, -0.2) is 0 Å². The van der Waals surface area contributed by atoms with Gasteiger partial charge in [-0.1, -0.05) is 67.1 Å². The van der Waals surface area contributed by atoms with Crippen molar-refractivity contribution in [2.24, 2.45) is 5.92 Å². The van der Waals surface area contributed by atoms with E-state index in [1.54, 1.807) is 0 Å².